The number of nitrogens with zero attached hydrogens (tertiary/aromatic N) is 2. The van der Waals surface area contributed by atoms with Gasteiger partial charge in [0.05, 0.1) is 6.04 Å². The fraction of sp³-hybridized carbons (Fsp3) is 0.632. The summed E-state index contributed by atoms with van der Waals surface area (Å²) >= 11 is 0. The zero-order valence-corrected chi connectivity index (χ0v) is 14.4. The fourth-order valence-corrected chi connectivity index (χ4v) is 3.91. The highest BCUT2D eigenvalue weighted by atomic mass is 16.2. The number of fused-ring (bicyclic) bond motifs is 1. The highest BCUT2D eigenvalue weighted by Crippen LogP contribution is 2.31. The number of carbonyl (C=O) groups excluding carboxylic acids is 1. The summed E-state index contributed by atoms with van der Waals surface area (Å²) in [7, 11) is 4.18. The first-order chi connectivity index (χ1) is 11.1. The molecule has 0 bridgehead atoms. The maximum Gasteiger partial charge on any atom is 0.241 e. The lowest BCUT2D eigenvalue weighted by molar-refractivity contribution is -0.123. The summed E-state index contributed by atoms with van der Waals surface area (Å²) in [6, 6.07) is 9.04. The van der Waals surface area contributed by atoms with Crippen LogP contribution in [0.4, 0.5) is 5.69 Å². The number of amides is 1. The van der Waals surface area contributed by atoms with Gasteiger partial charge in [-0.3, -0.25) is 9.69 Å². The molecule has 2 saturated heterocycles. The summed E-state index contributed by atoms with van der Waals surface area (Å²) in [6.45, 7) is 2.14. The molecule has 0 radical (unpaired) electrons. The second kappa shape index (κ2) is 7.45. The Morgan fingerprint density at radius 1 is 1.17 bits per heavy atom. The molecule has 2 heterocycles. The van der Waals surface area contributed by atoms with Gasteiger partial charge < -0.3 is 10.2 Å². The molecule has 2 aliphatic heterocycles. The smallest absolute Gasteiger partial charge is 0.241 e. The van der Waals surface area contributed by atoms with Gasteiger partial charge in [-0.15, -0.1) is 0 Å². The minimum Gasteiger partial charge on any atom is -0.325 e. The van der Waals surface area contributed by atoms with E-state index >= 15 is 0 Å². The molecule has 0 aromatic heterocycles. The Morgan fingerprint density at radius 2 is 1.91 bits per heavy atom. The molecule has 0 saturated carbocycles. The van der Waals surface area contributed by atoms with E-state index in [4.69, 9.17) is 0 Å². The Kier molecular flexibility index (Phi) is 5.34. The topological polar surface area (TPSA) is 35.6 Å². The third-order valence-electron chi connectivity index (χ3n) is 5.21. The molecule has 23 heavy (non-hydrogen) atoms. The first-order valence-electron chi connectivity index (χ1n) is 8.94. The Morgan fingerprint density at radius 3 is 2.65 bits per heavy atom. The van der Waals surface area contributed by atoms with Crippen molar-refractivity contribution in [1.82, 2.24) is 9.80 Å². The van der Waals surface area contributed by atoms with Crippen LogP contribution in [-0.4, -0.2) is 55.0 Å². The van der Waals surface area contributed by atoms with Crippen molar-refractivity contribution < 1.29 is 4.79 Å². The standard InChI is InChI=1S/C19H29N3O/c1-21(2)14-12-15-8-10-16(11-9-15)20-19(23)18-7-3-5-17-6-4-13-22(17)18/h8-11,17-18H,3-7,12-14H2,1-2H3,(H,20,23). The summed E-state index contributed by atoms with van der Waals surface area (Å²) in [4.78, 5) is 17.3. The molecule has 3 rings (SSSR count). The number of hydrogen-bond acceptors (Lipinski definition) is 3. The number of rotatable bonds is 5. The monoisotopic (exact) mass is 315 g/mol. The Bertz CT molecular complexity index is 526. The molecule has 2 atom stereocenters. The average Bonchev–Trinajstić information content (AvgIpc) is 3.02. The van der Waals surface area contributed by atoms with Crippen LogP contribution < -0.4 is 5.32 Å². The van der Waals surface area contributed by atoms with Crippen LogP contribution in [0.1, 0.15) is 37.7 Å². The number of piperidine rings is 1. The molecule has 1 N–H and O–H groups in total. The van der Waals surface area contributed by atoms with Crippen LogP contribution in [0.3, 0.4) is 0 Å². The molecule has 1 amide bonds. The molecule has 2 fully saturated rings. The van der Waals surface area contributed by atoms with Gasteiger partial charge in [0.1, 0.15) is 0 Å². The number of carbonyl (C=O) groups is 1. The van der Waals surface area contributed by atoms with E-state index in [9.17, 15) is 4.79 Å². The zero-order chi connectivity index (χ0) is 16.2. The van der Waals surface area contributed by atoms with Crippen LogP contribution in [0.15, 0.2) is 24.3 Å². The molecule has 0 aliphatic carbocycles. The number of anilines is 1. The van der Waals surface area contributed by atoms with E-state index in [0.29, 0.717) is 6.04 Å². The van der Waals surface area contributed by atoms with Crippen LogP contribution in [0.25, 0.3) is 0 Å². The Hall–Kier alpha value is -1.39. The van der Waals surface area contributed by atoms with E-state index in [2.05, 4.69) is 41.3 Å². The molecule has 4 nitrogen and oxygen atoms in total. The minimum atomic E-state index is 0.0738. The van der Waals surface area contributed by atoms with Crippen LogP contribution in [0, 0.1) is 0 Å². The van der Waals surface area contributed by atoms with E-state index < -0.39 is 0 Å². The quantitative estimate of drug-likeness (QED) is 0.907. The lowest BCUT2D eigenvalue weighted by atomic mass is 9.96. The van der Waals surface area contributed by atoms with E-state index in [0.717, 1.165) is 31.6 Å². The maximum absolute atomic E-state index is 12.7. The average molecular weight is 315 g/mol. The highest BCUT2D eigenvalue weighted by molar-refractivity contribution is 5.94. The highest BCUT2D eigenvalue weighted by Gasteiger charge is 2.37. The minimum absolute atomic E-state index is 0.0738. The summed E-state index contributed by atoms with van der Waals surface area (Å²) in [5.41, 5.74) is 2.24. The van der Waals surface area contributed by atoms with Crippen molar-refractivity contribution in [2.75, 3.05) is 32.5 Å². The zero-order valence-electron chi connectivity index (χ0n) is 14.4. The maximum atomic E-state index is 12.7. The van der Waals surface area contributed by atoms with Gasteiger partial charge in [-0.2, -0.15) is 0 Å². The molecular weight excluding hydrogens is 286 g/mol. The van der Waals surface area contributed by atoms with Gasteiger partial charge in [0, 0.05) is 18.3 Å². The number of likely N-dealkylation sites (N-methyl/N-ethyl adjacent to an activating group) is 1. The van der Waals surface area contributed by atoms with Gasteiger partial charge >= 0.3 is 0 Å². The van der Waals surface area contributed by atoms with Crippen molar-refractivity contribution in [2.24, 2.45) is 0 Å². The summed E-state index contributed by atoms with van der Waals surface area (Å²) in [6.07, 6.45) is 7.01. The second-order valence-electron chi connectivity index (χ2n) is 7.22. The number of hydrogen-bond donors (Lipinski definition) is 1. The third kappa shape index (κ3) is 4.12. The molecule has 1 aromatic rings. The Balaban J connectivity index is 1.57. The van der Waals surface area contributed by atoms with Crippen molar-refractivity contribution in [1.29, 1.82) is 0 Å². The SMILES string of the molecule is CN(C)CCc1ccc(NC(=O)C2CCCC3CCCN32)cc1. The van der Waals surface area contributed by atoms with Gasteiger partial charge in [0.25, 0.3) is 0 Å². The molecule has 0 spiro atoms. The van der Waals surface area contributed by atoms with Gasteiger partial charge in [-0.25, -0.2) is 0 Å². The summed E-state index contributed by atoms with van der Waals surface area (Å²) in [5.74, 6) is 0.178. The molecule has 2 aliphatic rings. The van der Waals surface area contributed by atoms with Crippen molar-refractivity contribution in [3.05, 3.63) is 29.8 Å². The second-order valence-corrected chi connectivity index (χ2v) is 7.22. The van der Waals surface area contributed by atoms with Crippen molar-refractivity contribution in [2.45, 2.75) is 50.6 Å². The van der Waals surface area contributed by atoms with E-state index in [1.807, 2.05) is 12.1 Å². The summed E-state index contributed by atoms with van der Waals surface area (Å²) in [5, 5.41) is 3.13. The first kappa shape index (κ1) is 16.5. The van der Waals surface area contributed by atoms with Crippen LogP contribution in [-0.2, 0) is 11.2 Å². The first-order valence-corrected chi connectivity index (χ1v) is 8.94. The largest absolute Gasteiger partial charge is 0.325 e. The lowest BCUT2D eigenvalue weighted by Crippen LogP contribution is -2.49. The molecule has 126 valence electrons. The lowest BCUT2D eigenvalue weighted by Gasteiger charge is -2.36. The van der Waals surface area contributed by atoms with Crippen molar-refractivity contribution in [3.8, 4) is 0 Å². The van der Waals surface area contributed by atoms with Crippen molar-refractivity contribution in [3.63, 3.8) is 0 Å². The van der Waals surface area contributed by atoms with Gasteiger partial charge in [0.15, 0.2) is 0 Å². The summed E-state index contributed by atoms with van der Waals surface area (Å²) < 4.78 is 0. The number of benzene rings is 1. The van der Waals surface area contributed by atoms with Gasteiger partial charge in [-0.1, -0.05) is 12.1 Å². The van der Waals surface area contributed by atoms with E-state index in [1.165, 1.54) is 31.2 Å². The Labute approximate surface area is 139 Å². The van der Waals surface area contributed by atoms with E-state index in [1.54, 1.807) is 0 Å². The third-order valence-corrected chi connectivity index (χ3v) is 5.21. The molecule has 2 unspecified atom stereocenters. The van der Waals surface area contributed by atoms with Gasteiger partial charge in [-0.05, 0) is 76.9 Å². The van der Waals surface area contributed by atoms with Crippen LogP contribution in [0.5, 0.6) is 0 Å². The van der Waals surface area contributed by atoms with Gasteiger partial charge in [0.2, 0.25) is 5.91 Å². The molecule has 4 heteroatoms. The molecular formula is C19H29N3O. The predicted octanol–water partition coefficient (Wildman–Crippen LogP) is 2.75. The van der Waals surface area contributed by atoms with Crippen molar-refractivity contribution >= 4 is 11.6 Å². The van der Waals surface area contributed by atoms with Crippen LogP contribution >= 0.6 is 0 Å². The predicted molar refractivity (Wildman–Crippen MR) is 94.7 cm³/mol. The van der Waals surface area contributed by atoms with Crippen LogP contribution in [0.2, 0.25) is 0 Å². The van der Waals surface area contributed by atoms with E-state index in [-0.39, 0.29) is 11.9 Å². The molecule has 1 aromatic carbocycles. The normalized spacial score (nSPS) is 24.7. The number of nitrogens with one attached hydrogen (secondary N) is 1. The fourth-order valence-electron chi connectivity index (χ4n) is 3.91.